The molecule has 4 N–H and O–H groups in total. The van der Waals surface area contributed by atoms with Crippen LogP contribution in [-0.4, -0.2) is 33.4 Å². The number of hydroxylamine groups is 1. The summed E-state index contributed by atoms with van der Waals surface area (Å²) < 4.78 is 17.6. The number of carbonyl (C=O) groups is 1. The summed E-state index contributed by atoms with van der Waals surface area (Å²) in [7, 11) is 0. The van der Waals surface area contributed by atoms with Crippen LogP contribution in [0.4, 0.5) is 20.7 Å². The second-order valence-electron chi connectivity index (χ2n) is 5.94. The molecule has 0 aliphatic heterocycles. The third-order valence-electron chi connectivity index (χ3n) is 4.06. The van der Waals surface area contributed by atoms with Crippen molar-refractivity contribution in [3.05, 3.63) is 35.8 Å². The number of carbonyl (C=O) groups excluding carboxylic acids is 1. The fourth-order valence-electron chi connectivity index (χ4n) is 2.78. The molecule has 0 radical (unpaired) electrons. The van der Waals surface area contributed by atoms with E-state index in [1.165, 1.54) is 30.7 Å². The minimum atomic E-state index is -0.437. The molecule has 1 aliphatic carbocycles. The van der Waals surface area contributed by atoms with Crippen LogP contribution < -0.4 is 16.1 Å². The Labute approximate surface area is 148 Å². The van der Waals surface area contributed by atoms with E-state index in [4.69, 9.17) is 0 Å². The van der Waals surface area contributed by atoms with E-state index in [-0.39, 0.29) is 23.4 Å². The summed E-state index contributed by atoms with van der Waals surface area (Å²) in [6.07, 6.45) is 5.23. The van der Waals surface area contributed by atoms with Crippen molar-refractivity contribution in [1.29, 1.82) is 0 Å². The second kappa shape index (κ2) is 8.39. The fourth-order valence-corrected chi connectivity index (χ4v) is 2.78. The van der Waals surface area contributed by atoms with Gasteiger partial charge in [0.2, 0.25) is 5.82 Å². The van der Waals surface area contributed by atoms with Gasteiger partial charge in [-0.1, -0.05) is 19.3 Å². The minimum Gasteiger partial charge on any atom is -0.335 e. The normalized spacial score (nSPS) is 15.5. The van der Waals surface area contributed by atoms with Gasteiger partial charge in [-0.3, -0.25) is 16.0 Å². The van der Waals surface area contributed by atoms with Gasteiger partial charge in [-0.15, -0.1) is 0 Å². The highest BCUT2D eigenvalue weighted by atomic mass is 19.1. The fraction of sp³-hybridized carbons (Fsp3) is 0.375. The van der Waals surface area contributed by atoms with E-state index in [0.29, 0.717) is 5.69 Å². The van der Waals surface area contributed by atoms with Crippen LogP contribution in [0.15, 0.2) is 33.9 Å². The molecule has 1 aromatic heterocycles. The highest BCUT2D eigenvalue weighted by Gasteiger charge is 2.21. The number of aromatic nitrogens is 2. The molecule has 0 saturated heterocycles. The average molecular weight is 362 g/mol. The molecule has 138 valence electrons. The number of aliphatic imine (C=N–C) groups is 1. The second-order valence-corrected chi connectivity index (χ2v) is 5.94. The van der Waals surface area contributed by atoms with E-state index in [0.717, 1.165) is 25.7 Å². The van der Waals surface area contributed by atoms with Gasteiger partial charge in [0.25, 0.3) is 0 Å². The summed E-state index contributed by atoms with van der Waals surface area (Å²) in [5.41, 5.74) is 2.26. The molecule has 1 fully saturated rings. The monoisotopic (exact) mass is 362 g/mol. The van der Waals surface area contributed by atoms with Gasteiger partial charge < -0.3 is 5.32 Å². The molecule has 1 aromatic carbocycles. The largest absolute Gasteiger partial charge is 0.335 e. The Morgan fingerprint density at radius 2 is 1.92 bits per heavy atom. The predicted molar refractivity (Wildman–Crippen MR) is 90.8 cm³/mol. The van der Waals surface area contributed by atoms with Crippen LogP contribution in [0, 0.1) is 5.82 Å². The van der Waals surface area contributed by atoms with Gasteiger partial charge in [-0.25, -0.2) is 18.8 Å². The number of urea groups is 1. The number of anilines is 1. The van der Waals surface area contributed by atoms with Gasteiger partial charge in [0.15, 0.2) is 11.5 Å². The molecule has 1 saturated carbocycles. The predicted octanol–water partition coefficient (Wildman–Crippen LogP) is 2.72. The first-order valence-corrected chi connectivity index (χ1v) is 8.30. The Morgan fingerprint density at radius 3 is 2.62 bits per heavy atom. The molecule has 0 unspecified atom stereocenters. The molecule has 2 amide bonds. The van der Waals surface area contributed by atoms with Gasteiger partial charge in [0.1, 0.15) is 5.82 Å². The van der Waals surface area contributed by atoms with Crippen LogP contribution in [0.5, 0.6) is 0 Å². The molecule has 1 heterocycles. The Balaban J connectivity index is 1.71. The summed E-state index contributed by atoms with van der Waals surface area (Å²) in [5.74, 6) is -0.515. The molecule has 0 bridgehead atoms. The van der Waals surface area contributed by atoms with Gasteiger partial charge in [-0.05, 0) is 47.4 Å². The van der Waals surface area contributed by atoms with E-state index >= 15 is 0 Å². The summed E-state index contributed by atoms with van der Waals surface area (Å²) >= 11 is 0. The third kappa shape index (κ3) is 4.54. The first kappa shape index (κ1) is 17.8. The topological polar surface area (TPSA) is 125 Å². The number of nitrogens with one attached hydrogen (secondary N) is 3. The molecule has 9 nitrogen and oxygen atoms in total. The van der Waals surface area contributed by atoms with Crippen molar-refractivity contribution in [3.8, 4) is 0 Å². The number of nitrogens with zero attached hydrogens (tertiary/aromatic N) is 3. The number of hydrogen-bond acceptors (Lipinski definition) is 6. The van der Waals surface area contributed by atoms with Crippen LogP contribution in [0.3, 0.4) is 0 Å². The Bertz CT molecular complexity index is 771. The quantitative estimate of drug-likeness (QED) is 0.376. The molecular weight excluding hydrogens is 343 g/mol. The molecule has 26 heavy (non-hydrogen) atoms. The number of rotatable bonds is 4. The molecule has 1 aliphatic rings. The summed E-state index contributed by atoms with van der Waals surface area (Å²) in [6, 6.07) is 4.98. The molecule has 0 atom stereocenters. The number of benzene rings is 1. The number of amidine groups is 1. The van der Waals surface area contributed by atoms with Crippen LogP contribution in [0.25, 0.3) is 0 Å². The zero-order chi connectivity index (χ0) is 18.4. The summed E-state index contributed by atoms with van der Waals surface area (Å²) in [4.78, 5) is 16.2. The average Bonchev–Trinajstić information content (AvgIpc) is 3.10. The number of hydrogen-bond donors (Lipinski definition) is 4. The molecule has 2 aromatic rings. The molecular formula is C16H19FN6O3. The summed E-state index contributed by atoms with van der Waals surface area (Å²) in [6.45, 7) is 0. The van der Waals surface area contributed by atoms with Crippen LogP contribution in [-0.2, 0) is 0 Å². The van der Waals surface area contributed by atoms with Crippen LogP contribution >= 0.6 is 0 Å². The lowest BCUT2D eigenvalue weighted by Gasteiger charge is -2.22. The van der Waals surface area contributed by atoms with Crippen molar-refractivity contribution < 1.29 is 19.0 Å². The van der Waals surface area contributed by atoms with Gasteiger partial charge in [-0.2, -0.15) is 0 Å². The number of halogens is 1. The maximum atomic E-state index is 13.0. The lowest BCUT2D eigenvalue weighted by molar-refractivity contribution is 0.234. The minimum absolute atomic E-state index is 0.000668. The maximum Gasteiger partial charge on any atom is 0.320 e. The van der Waals surface area contributed by atoms with Crippen molar-refractivity contribution in [2.75, 3.05) is 5.32 Å². The molecule has 3 rings (SSSR count). The van der Waals surface area contributed by atoms with E-state index in [1.807, 2.05) is 5.48 Å². The smallest absolute Gasteiger partial charge is 0.320 e. The lowest BCUT2D eigenvalue weighted by Crippen LogP contribution is -2.39. The standard InChI is InChI=1S/C16H19FN6O3/c17-10-6-8-12(9-7-10)18-14(21-25)13-15(23-26-22-13)20-16(24)19-11-4-2-1-3-5-11/h6-9,11,25H,1-5H2,(H,18,21)(H2,19,20,23,24). The summed E-state index contributed by atoms with van der Waals surface area (Å²) in [5, 5.41) is 22.0. The first-order valence-electron chi connectivity index (χ1n) is 8.30. The zero-order valence-electron chi connectivity index (χ0n) is 13.9. The van der Waals surface area contributed by atoms with E-state index < -0.39 is 11.8 Å². The maximum absolute atomic E-state index is 13.0. The molecule has 10 heteroatoms. The SMILES string of the molecule is O=C(Nc1nonc1C(=Nc1ccc(F)cc1)NO)NC1CCCCC1. The Hall–Kier alpha value is -3.01. The van der Waals surface area contributed by atoms with Crippen molar-refractivity contribution in [1.82, 2.24) is 21.1 Å². The highest BCUT2D eigenvalue weighted by Crippen LogP contribution is 2.19. The Morgan fingerprint density at radius 1 is 1.19 bits per heavy atom. The van der Waals surface area contributed by atoms with E-state index in [1.54, 1.807) is 0 Å². The third-order valence-corrected chi connectivity index (χ3v) is 4.06. The lowest BCUT2D eigenvalue weighted by atomic mass is 9.96. The Kier molecular flexibility index (Phi) is 5.74. The number of amides is 2. The van der Waals surface area contributed by atoms with E-state index in [2.05, 4.69) is 30.6 Å². The van der Waals surface area contributed by atoms with Crippen molar-refractivity contribution in [3.63, 3.8) is 0 Å². The van der Waals surface area contributed by atoms with Crippen LogP contribution in [0.2, 0.25) is 0 Å². The first-order chi connectivity index (χ1) is 12.7. The van der Waals surface area contributed by atoms with Crippen molar-refractivity contribution in [2.45, 2.75) is 38.1 Å². The highest BCUT2D eigenvalue weighted by molar-refractivity contribution is 6.04. The zero-order valence-corrected chi connectivity index (χ0v) is 13.9. The van der Waals surface area contributed by atoms with Crippen molar-refractivity contribution in [2.24, 2.45) is 4.99 Å². The van der Waals surface area contributed by atoms with Gasteiger partial charge >= 0.3 is 6.03 Å². The molecule has 0 spiro atoms. The van der Waals surface area contributed by atoms with Crippen LogP contribution in [0.1, 0.15) is 37.8 Å². The van der Waals surface area contributed by atoms with Crippen molar-refractivity contribution >= 4 is 23.4 Å². The van der Waals surface area contributed by atoms with E-state index in [9.17, 15) is 14.4 Å². The van der Waals surface area contributed by atoms with Gasteiger partial charge in [0.05, 0.1) is 5.69 Å². The van der Waals surface area contributed by atoms with Gasteiger partial charge in [0, 0.05) is 6.04 Å².